The van der Waals surface area contributed by atoms with Crippen LogP contribution in [0.25, 0.3) is 0 Å². The van der Waals surface area contributed by atoms with Crippen LogP contribution in [0.3, 0.4) is 0 Å². The number of aliphatic hydroxyl groups excluding tert-OH is 1. The van der Waals surface area contributed by atoms with Crippen molar-refractivity contribution in [2.24, 2.45) is 0 Å². The van der Waals surface area contributed by atoms with Gasteiger partial charge in [0.1, 0.15) is 18.5 Å². The lowest BCUT2D eigenvalue weighted by Crippen LogP contribution is -2.37. The summed E-state index contributed by atoms with van der Waals surface area (Å²) in [5, 5.41) is 16.0. The molecule has 0 aliphatic heterocycles. The Hall–Kier alpha value is -2.18. The number of rotatable bonds is 9. The summed E-state index contributed by atoms with van der Waals surface area (Å²) in [6.07, 6.45) is 0.328. The minimum absolute atomic E-state index is 0.111. The molecular weight excluding hydrogens is 360 g/mol. The van der Waals surface area contributed by atoms with Gasteiger partial charge in [-0.05, 0) is 49.2 Å². The van der Waals surface area contributed by atoms with Crippen molar-refractivity contribution in [3.8, 4) is 5.75 Å². The molecule has 0 heterocycles. The summed E-state index contributed by atoms with van der Waals surface area (Å²) in [5.74, 6) is 0.687. The number of hydrogen-bond acceptors (Lipinski definition) is 4. The van der Waals surface area contributed by atoms with Gasteiger partial charge in [-0.3, -0.25) is 0 Å². The minimum Gasteiger partial charge on any atom is -0.491 e. The zero-order chi connectivity index (χ0) is 19.6. The van der Waals surface area contributed by atoms with E-state index in [2.05, 4.69) is 30.5 Å². The molecule has 0 radical (unpaired) electrons. The summed E-state index contributed by atoms with van der Waals surface area (Å²) < 4.78 is 5.47. The number of para-hydroxylation sites is 1. The lowest BCUT2D eigenvalue weighted by atomic mass is 10.2. The van der Waals surface area contributed by atoms with Gasteiger partial charge in [-0.15, -0.1) is 11.8 Å². The SMILES string of the molecule is CCC(C)Sc1ccc(NC(=O)NCC(O)COc2ccccc2)c(C)c1. The van der Waals surface area contributed by atoms with E-state index in [1.54, 1.807) is 0 Å². The maximum absolute atomic E-state index is 12.1. The van der Waals surface area contributed by atoms with Crippen LogP contribution in [0.1, 0.15) is 25.8 Å². The molecule has 146 valence electrons. The van der Waals surface area contributed by atoms with E-state index in [0.717, 1.165) is 17.7 Å². The fourth-order valence-electron chi connectivity index (χ4n) is 2.31. The molecule has 0 aliphatic carbocycles. The molecule has 0 saturated heterocycles. The highest BCUT2D eigenvalue weighted by atomic mass is 32.2. The van der Waals surface area contributed by atoms with Crippen LogP contribution in [-0.2, 0) is 0 Å². The first kappa shape index (κ1) is 21.1. The summed E-state index contributed by atoms with van der Waals surface area (Å²) in [4.78, 5) is 13.3. The third-order valence-electron chi connectivity index (χ3n) is 4.04. The fourth-order valence-corrected chi connectivity index (χ4v) is 3.33. The molecule has 6 heteroatoms. The average molecular weight is 389 g/mol. The van der Waals surface area contributed by atoms with Gasteiger partial charge < -0.3 is 20.5 Å². The number of urea groups is 1. The van der Waals surface area contributed by atoms with Crippen molar-refractivity contribution in [1.82, 2.24) is 5.32 Å². The maximum Gasteiger partial charge on any atom is 0.319 e. The third-order valence-corrected chi connectivity index (χ3v) is 5.30. The van der Waals surface area contributed by atoms with E-state index in [1.165, 1.54) is 4.90 Å². The first-order valence-electron chi connectivity index (χ1n) is 9.16. The number of thioether (sulfide) groups is 1. The van der Waals surface area contributed by atoms with Gasteiger partial charge in [0.15, 0.2) is 0 Å². The largest absolute Gasteiger partial charge is 0.491 e. The van der Waals surface area contributed by atoms with Crippen LogP contribution in [0.15, 0.2) is 53.4 Å². The van der Waals surface area contributed by atoms with E-state index >= 15 is 0 Å². The second-order valence-electron chi connectivity index (χ2n) is 6.43. The van der Waals surface area contributed by atoms with Crippen molar-refractivity contribution in [2.45, 2.75) is 43.4 Å². The molecule has 0 bridgehead atoms. The third kappa shape index (κ3) is 7.53. The smallest absolute Gasteiger partial charge is 0.319 e. The predicted molar refractivity (Wildman–Crippen MR) is 112 cm³/mol. The van der Waals surface area contributed by atoms with Crippen molar-refractivity contribution >= 4 is 23.5 Å². The Bertz CT molecular complexity index is 725. The fraction of sp³-hybridized carbons (Fsp3) is 0.381. The van der Waals surface area contributed by atoms with Gasteiger partial charge >= 0.3 is 6.03 Å². The van der Waals surface area contributed by atoms with E-state index in [-0.39, 0.29) is 19.2 Å². The predicted octanol–water partition coefficient (Wildman–Crippen LogP) is 4.45. The summed E-state index contributed by atoms with van der Waals surface area (Å²) >= 11 is 1.83. The number of hydrogen-bond donors (Lipinski definition) is 3. The molecule has 5 nitrogen and oxygen atoms in total. The van der Waals surface area contributed by atoms with Gasteiger partial charge in [-0.1, -0.05) is 32.0 Å². The van der Waals surface area contributed by atoms with Crippen LogP contribution in [0.2, 0.25) is 0 Å². The van der Waals surface area contributed by atoms with Gasteiger partial charge in [0.25, 0.3) is 0 Å². The summed E-state index contributed by atoms with van der Waals surface area (Å²) in [6.45, 7) is 6.57. The molecule has 0 aliphatic rings. The van der Waals surface area contributed by atoms with E-state index in [0.29, 0.717) is 11.0 Å². The van der Waals surface area contributed by atoms with E-state index in [1.807, 2.05) is 61.2 Å². The van der Waals surface area contributed by atoms with Crippen molar-refractivity contribution < 1.29 is 14.6 Å². The van der Waals surface area contributed by atoms with Gasteiger partial charge in [0.05, 0.1) is 0 Å². The Labute approximate surface area is 165 Å². The molecule has 2 aromatic carbocycles. The van der Waals surface area contributed by atoms with Gasteiger partial charge in [0, 0.05) is 22.4 Å². The van der Waals surface area contributed by atoms with E-state index < -0.39 is 6.10 Å². The second-order valence-corrected chi connectivity index (χ2v) is 7.94. The Morgan fingerprint density at radius 3 is 2.63 bits per heavy atom. The highest BCUT2D eigenvalue weighted by Crippen LogP contribution is 2.28. The molecule has 0 saturated carbocycles. The van der Waals surface area contributed by atoms with Crippen LogP contribution in [0.4, 0.5) is 10.5 Å². The van der Waals surface area contributed by atoms with E-state index in [4.69, 9.17) is 4.74 Å². The number of aliphatic hydroxyl groups is 1. The zero-order valence-electron chi connectivity index (χ0n) is 16.1. The molecule has 2 amide bonds. The molecule has 2 aromatic rings. The van der Waals surface area contributed by atoms with Crippen molar-refractivity contribution in [1.29, 1.82) is 0 Å². The molecular formula is C21H28N2O3S. The molecule has 0 spiro atoms. The summed E-state index contributed by atoms with van der Waals surface area (Å²) in [7, 11) is 0. The van der Waals surface area contributed by atoms with Crippen LogP contribution in [0.5, 0.6) is 5.75 Å². The first-order valence-corrected chi connectivity index (χ1v) is 10.0. The van der Waals surface area contributed by atoms with Gasteiger partial charge in [-0.2, -0.15) is 0 Å². The number of amides is 2. The number of nitrogens with one attached hydrogen (secondary N) is 2. The monoisotopic (exact) mass is 388 g/mol. The number of ether oxygens (including phenoxy) is 1. The van der Waals surface area contributed by atoms with Crippen LogP contribution in [0, 0.1) is 6.92 Å². The zero-order valence-corrected chi connectivity index (χ0v) is 16.9. The number of benzene rings is 2. The Balaban J connectivity index is 1.76. The maximum atomic E-state index is 12.1. The lowest BCUT2D eigenvalue weighted by Gasteiger charge is -2.15. The number of anilines is 1. The average Bonchev–Trinajstić information content (AvgIpc) is 2.67. The number of carbonyl (C=O) groups is 1. The first-order chi connectivity index (χ1) is 13.0. The number of aryl methyl sites for hydroxylation is 1. The summed E-state index contributed by atoms with van der Waals surface area (Å²) in [6, 6.07) is 14.9. The molecule has 3 N–H and O–H groups in total. The van der Waals surface area contributed by atoms with Gasteiger partial charge in [-0.25, -0.2) is 4.79 Å². The van der Waals surface area contributed by atoms with Crippen LogP contribution >= 0.6 is 11.8 Å². The standard InChI is InChI=1S/C21H28N2O3S/c1-4-16(3)27-19-10-11-20(15(2)12-19)23-21(25)22-13-17(24)14-26-18-8-6-5-7-9-18/h5-12,16-17,24H,4,13-14H2,1-3H3,(H2,22,23,25). The van der Waals surface area contributed by atoms with Crippen LogP contribution in [-0.4, -0.2) is 35.6 Å². The summed E-state index contributed by atoms with van der Waals surface area (Å²) in [5.41, 5.74) is 1.77. The normalized spacial score (nSPS) is 12.9. The molecule has 27 heavy (non-hydrogen) atoms. The Morgan fingerprint density at radius 1 is 1.22 bits per heavy atom. The van der Waals surface area contributed by atoms with E-state index in [9.17, 15) is 9.90 Å². The topological polar surface area (TPSA) is 70.6 Å². The van der Waals surface area contributed by atoms with Crippen molar-refractivity contribution in [3.63, 3.8) is 0 Å². The van der Waals surface area contributed by atoms with Crippen molar-refractivity contribution in [3.05, 3.63) is 54.1 Å². The Kier molecular flexibility index (Phi) is 8.48. The minimum atomic E-state index is -0.786. The number of carbonyl (C=O) groups excluding carboxylic acids is 1. The molecule has 2 unspecified atom stereocenters. The lowest BCUT2D eigenvalue weighted by molar-refractivity contribution is 0.108. The quantitative estimate of drug-likeness (QED) is 0.555. The molecule has 2 atom stereocenters. The van der Waals surface area contributed by atoms with Crippen molar-refractivity contribution in [2.75, 3.05) is 18.5 Å². The molecule has 0 aromatic heterocycles. The van der Waals surface area contributed by atoms with Gasteiger partial charge in [0.2, 0.25) is 0 Å². The Morgan fingerprint density at radius 2 is 1.96 bits per heavy atom. The molecule has 0 fully saturated rings. The highest BCUT2D eigenvalue weighted by Gasteiger charge is 2.10. The highest BCUT2D eigenvalue weighted by molar-refractivity contribution is 7.99. The van der Waals surface area contributed by atoms with Crippen LogP contribution < -0.4 is 15.4 Å². The second kappa shape index (κ2) is 10.8. The molecule has 2 rings (SSSR count).